The number of aryl methyl sites for hydroxylation is 1. The SMILES string of the molecule is CCOC(=O)CCCOc1ccccc1C(=O)Nc1ccc(OC(CC)c2ccc(CC(C)C)cc2)cc1C. The van der Waals surface area contributed by atoms with Crippen LogP contribution in [0.15, 0.2) is 66.7 Å². The molecule has 0 fully saturated rings. The highest BCUT2D eigenvalue weighted by atomic mass is 16.5. The van der Waals surface area contributed by atoms with Crippen molar-refractivity contribution in [2.45, 2.75) is 66.4 Å². The Hall–Kier alpha value is -3.80. The molecule has 3 aromatic rings. The minimum absolute atomic E-state index is 0.0502. The Balaban J connectivity index is 1.62. The van der Waals surface area contributed by atoms with Crippen molar-refractivity contribution < 1.29 is 23.8 Å². The van der Waals surface area contributed by atoms with E-state index in [0.717, 1.165) is 29.7 Å². The Bertz CT molecular complexity index is 1220. The van der Waals surface area contributed by atoms with E-state index in [0.29, 0.717) is 42.6 Å². The molecule has 6 nitrogen and oxygen atoms in total. The first-order valence-corrected chi connectivity index (χ1v) is 13.9. The molecule has 3 rings (SSSR count). The molecule has 0 radical (unpaired) electrons. The summed E-state index contributed by atoms with van der Waals surface area (Å²) < 4.78 is 17.1. The molecule has 0 spiro atoms. The van der Waals surface area contributed by atoms with Crippen molar-refractivity contribution in [1.29, 1.82) is 0 Å². The number of amides is 1. The molecule has 0 aromatic heterocycles. The smallest absolute Gasteiger partial charge is 0.305 e. The van der Waals surface area contributed by atoms with E-state index in [1.54, 1.807) is 25.1 Å². The monoisotopic (exact) mass is 531 g/mol. The van der Waals surface area contributed by atoms with Crippen LogP contribution in [0.1, 0.15) is 80.1 Å². The van der Waals surface area contributed by atoms with Gasteiger partial charge in [-0.05, 0) is 86.1 Å². The third-order valence-electron chi connectivity index (χ3n) is 6.31. The van der Waals surface area contributed by atoms with Crippen LogP contribution < -0.4 is 14.8 Å². The van der Waals surface area contributed by atoms with Gasteiger partial charge in [0.2, 0.25) is 0 Å². The van der Waals surface area contributed by atoms with Gasteiger partial charge in [0.25, 0.3) is 5.91 Å². The molecule has 1 N–H and O–H groups in total. The van der Waals surface area contributed by atoms with Crippen LogP contribution in [-0.4, -0.2) is 25.1 Å². The van der Waals surface area contributed by atoms with Crippen molar-refractivity contribution in [2.24, 2.45) is 5.92 Å². The maximum Gasteiger partial charge on any atom is 0.305 e. The summed E-state index contributed by atoms with van der Waals surface area (Å²) in [4.78, 5) is 24.6. The van der Waals surface area contributed by atoms with E-state index >= 15 is 0 Å². The van der Waals surface area contributed by atoms with Crippen molar-refractivity contribution in [3.63, 3.8) is 0 Å². The predicted molar refractivity (Wildman–Crippen MR) is 156 cm³/mol. The average molecular weight is 532 g/mol. The predicted octanol–water partition coefficient (Wildman–Crippen LogP) is 7.70. The van der Waals surface area contributed by atoms with Gasteiger partial charge in [-0.15, -0.1) is 0 Å². The molecule has 39 heavy (non-hydrogen) atoms. The fraction of sp³-hybridized carbons (Fsp3) is 0.394. The van der Waals surface area contributed by atoms with Gasteiger partial charge in [-0.2, -0.15) is 0 Å². The van der Waals surface area contributed by atoms with Crippen LogP contribution in [0, 0.1) is 12.8 Å². The number of para-hydroxylation sites is 1. The molecular weight excluding hydrogens is 490 g/mol. The summed E-state index contributed by atoms with van der Waals surface area (Å²) in [6.07, 6.45) is 2.65. The van der Waals surface area contributed by atoms with Crippen LogP contribution in [-0.2, 0) is 16.0 Å². The van der Waals surface area contributed by atoms with Crippen LogP contribution in [0.2, 0.25) is 0 Å². The number of nitrogens with one attached hydrogen (secondary N) is 1. The first-order valence-electron chi connectivity index (χ1n) is 13.9. The number of ether oxygens (including phenoxy) is 3. The Morgan fingerprint density at radius 1 is 0.949 bits per heavy atom. The van der Waals surface area contributed by atoms with Crippen LogP contribution in [0.4, 0.5) is 5.69 Å². The number of rotatable bonds is 14. The molecule has 0 saturated heterocycles. The molecule has 1 amide bonds. The zero-order valence-electron chi connectivity index (χ0n) is 23.8. The molecular formula is C33H41NO5. The summed E-state index contributed by atoms with van der Waals surface area (Å²) in [5.74, 6) is 1.34. The minimum Gasteiger partial charge on any atom is -0.493 e. The summed E-state index contributed by atoms with van der Waals surface area (Å²) in [7, 11) is 0. The number of hydrogen-bond acceptors (Lipinski definition) is 5. The van der Waals surface area contributed by atoms with Gasteiger partial charge in [0.05, 0.1) is 18.8 Å². The highest BCUT2D eigenvalue weighted by Crippen LogP contribution is 2.29. The van der Waals surface area contributed by atoms with Gasteiger partial charge in [0.1, 0.15) is 17.6 Å². The molecule has 0 aliphatic carbocycles. The number of anilines is 1. The van der Waals surface area contributed by atoms with Crippen molar-refractivity contribution in [3.05, 3.63) is 89.0 Å². The summed E-state index contributed by atoms with van der Waals surface area (Å²) in [6, 6.07) is 21.5. The van der Waals surface area contributed by atoms with Gasteiger partial charge < -0.3 is 19.5 Å². The molecule has 0 aliphatic heterocycles. The van der Waals surface area contributed by atoms with Gasteiger partial charge >= 0.3 is 5.97 Å². The maximum atomic E-state index is 13.1. The molecule has 0 bridgehead atoms. The zero-order valence-corrected chi connectivity index (χ0v) is 23.8. The number of hydrogen-bond donors (Lipinski definition) is 1. The third-order valence-corrected chi connectivity index (χ3v) is 6.31. The summed E-state index contributed by atoms with van der Waals surface area (Å²) >= 11 is 0. The van der Waals surface area contributed by atoms with E-state index in [4.69, 9.17) is 14.2 Å². The van der Waals surface area contributed by atoms with E-state index in [1.165, 1.54) is 5.56 Å². The summed E-state index contributed by atoms with van der Waals surface area (Å²) in [6.45, 7) is 11.0. The van der Waals surface area contributed by atoms with Crippen LogP contribution in [0.25, 0.3) is 0 Å². The molecule has 0 aliphatic rings. The van der Waals surface area contributed by atoms with E-state index < -0.39 is 0 Å². The van der Waals surface area contributed by atoms with Crippen molar-refractivity contribution in [2.75, 3.05) is 18.5 Å². The Labute approximate surface area is 232 Å². The standard InChI is InChI=1S/C33H41NO5/c1-6-30(26-16-14-25(15-17-26)21-23(3)4)39-27-18-19-29(24(5)22-27)34-33(36)28-11-8-9-12-31(28)38-20-10-13-32(35)37-7-2/h8-9,11-12,14-19,22-23,30H,6-7,10,13,20-21H2,1-5H3,(H,34,36). The third kappa shape index (κ3) is 9.17. The van der Waals surface area contributed by atoms with E-state index in [2.05, 4.69) is 50.4 Å². The Kier molecular flexibility index (Phi) is 11.4. The van der Waals surface area contributed by atoms with Crippen molar-refractivity contribution >= 4 is 17.6 Å². The first-order chi connectivity index (χ1) is 18.8. The first kappa shape index (κ1) is 29.8. The normalized spacial score (nSPS) is 11.6. The number of esters is 1. The highest BCUT2D eigenvalue weighted by molar-refractivity contribution is 6.06. The lowest BCUT2D eigenvalue weighted by molar-refractivity contribution is -0.143. The topological polar surface area (TPSA) is 73.9 Å². The summed E-state index contributed by atoms with van der Waals surface area (Å²) in [5.41, 5.74) is 4.52. The molecule has 3 aromatic carbocycles. The summed E-state index contributed by atoms with van der Waals surface area (Å²) in [5, 5.41) is 2.99. The Morgan fingerprint density at radius 2 is 1.69 bits per heavy atom. The molecule has 6 heteroatoms. The molecule has 1 unspecified atom stereocenters. The average Bonchev–Trinajstić information content (AvgIpc) is 2.92. The Morgan fingerprint density at radius 3 is 2.36 bits per heavy atom. The second kappa shape index (κ2) is 15.0. The lowest BCUT2D eigenvalue weighted by Crippen LogP contribution is -2.15. The van der Waals surface area contributed by atoms with Crippen LogP contribution >= 0.6 is 0 Å². The number of carbonyl (C=O) groups is 2. The maximum absolute atomic E-state index is 13.1. The molecule has 0 saturated carbocycles. The van der Waals surface area contributed by atoms with Gasteiger partial charge in [0, 0.05) is 12.1 Å². The van der Waals surface area contributed by atoms with Crippen molar-refractivity contribution in [1.82, 2.24) is 0 Å². The largest absolute Gasteiger partial charge is 0.493 e. The van der Waals surface area contributed by atoms with Gasteiger partial charge in [-0.3, -0.25) is 9.59 Å². The van der Waals surface area contributed by atoms with E-state index in [9.17, 15) is 9.59 Å². The highest BCUT2D eigenvalue weighted by Gasteiger charge is 2.16. The van der Waals surface area contributed by atoms with Gasteiger partial charge in [0.15, 0.2) is 0 Å². The van der Waals surface area contributed by atoms with Gasteiger partial charge in [-0.1, -0.05) is 57.2 Å². The van der Waals surface area contributed by atoms with Crippen LogP contribution in [0.3, 0.4) is 0 Å². The molecule has 0 heterocycles. The second-order valence-electron chi connectivity index (χ2n) is 10.0. The molecule has 1 atom stereocenters. The number of benzene rings is 3. The lowest BCUT2D eigenvalue weighted by atomic mass is 9.99. The minimum atomic E-state index is -0.263. The van der Waals surface area contributed by atoms with Gasteiger partial charge in [-0.25, -0.2) is 0 Å². The zero-order chi connectivity index (χ0) is 28.2. The van der Waals surface area contributed by atoms with Crippen LogP contribution in [0.5, 0.6) is 11.5 Å². The molecule has 208 valence electrons. The lowest BCUT2D eigenvalue weighted by Gasteiger charge is -2.20. The number of carbonyl (C=O) groups excluding carboxylic acids is 2. The quantitative estimate of drug-likeness (QED) is 0.170. The fourth-order valence-corrected chi connectivity index (χ4v) is 4.34. The fourth-order valence-electron chi connectivity index (χ4n) is 4.34. The van der Waals surface area contributed by atoms with E-state index in [-0.39, 0.29) is 24.4 Å². The van der Waals surface area contributed by atoms with E-state index in [1.807, 2.05) is 31.2 Å². The van der Waals surface area contributed by atoms with Crippen molar-refractivity contribution in [3.8, 4) is 11.5 Å². The second-order valence-corrected chi connectivity index (χ2v) is 10.0.